The normalized spacial score (nSPS) is 22.9. The van der Waals surface area contributed by atoms with Crippen LogP contribution >= 0.6 is 0 Å². The Morgan fingerprint density at radius 2 is 1.83 bits per heavy atom. The van der Waals surface area contributed by atoms with E-state index in [1.54, 1.807) is 23.2 Å². The van der Waals surface area contributed by atoms with Crippen LogP contribution in [0.5, 0.6) is 0 Å². The van der Waals surface area contributed by atoms with Gasteiger partial charge in [0, 0.05) is 50.8 Å². The smallest absolute Gasteiger partial charge is 0.411 e. The van der Waals surface area contributed by atoms with Gasteiger partial charge in [-0.3, -0.25) is 14.4 Å². The van der Waals surface area contributed by atoms with Crippen molar-refractivity contribution < 1.29 is 28.2 Å². The number of carboxylic acid groups (broad SMARTS) is 1. The summed E-state index contributed by atoms with van der Waals surface area (Å²) in [6, 6.07) is 5.36. The second-order valence-corrected chi connectivity index (χ2v) is 10.3. The summed E-state index contributed by atoms with van der Waals surface area (Å²) in [5.74, 6) is -2.87. The van der Waals surface area contributed by atoms with Gasteiger partial charge in [-0.25, -0.2) is 13.6 Å². The molecule has 8 nitrogen and oxygen atoms in total. The molecule has 3 heterocycles. The summed E-state index contributed by atoms with van der Waals surface area (Å²) in [5, 5.41) is 14.4. The monoisotopic (exact) mass is 502 g/mol. The lowest BCUT2D eigenvalue weighted by Gasteiger charge is -2.41. The summed E-state index contributed by atoms with van der Waals surface area (Å²) in [7, 11) is 0. The Hall–Kier alpha value is -3.01. The maximum absolute atomic E-state index is 13.6. The molecule has 2 amide bonds. The van der Waals surface area contributed by atoms with Gasteiger partial charge < -0.3 is 14.7 Å². The zero-order chi connectivity index (χ0) is 25.4. The molecule has 1 saturated carbocycles. The van der Waals surface area contributed by atoms with Crippen molar-refractivity contribution in [2.45, 2.75) is 69.9 Å². The highest BCUT2D eigenvalue weighted by Gasteiger charge is 2.39. The van der Waals surface area contributed by atoms with E-state index in [2.05, 4.69) is 5.10 Å². The number of anilines is 2. The molecule has 194 valence electrons. The molecule has 0 spiro atoms. The Bertz CT molecular complexity index is 1120. The van der Waals surface area contributed by atoms with Gasteiger partial charge in [0.25, 0.3) is 0 Å². The Balaban J connectivity index is 1.40. The number of ether oxygens (including phenoxy) is 1. The van der Waals surface area contributed by atoms with E-state index < -0.39 is 12.0 Å². The Morgan fingerprint density at radius 3 is 2.53 bits per heavy atom. The molecule has 5 rings (SSSR count). The number of halogens is 2. The van der Waals surface area contributed by atoms with Crippen LogP contribution in [0.3, 0.4) is 0 Å². The van der Waals surface area contributed by atoms with Crippen LogP contribution in [-0.4, -0.2) is 58.6 Å². The summed E-state index contributed by atoms with van der Waals surface area (Å²) in [6.45, 7) is 3.37. The maximum Gasteiger partial charge on any atom is 0.411 e. The van der Waals surface area contributed by atoms with Crippen LogP contribution in [-0.2, 0) is 9.53 Å². The molecule has 1 aromatic carbocycles. The Labute approximate surface area is 208 Å². The molecule has 1 N–H and O–H groups in total. The van der Waals surface area contributed by atoms with Crippen LogP contribution in [0.2, 0.25) is 0 Å². The Kier molecular flexibility index (Phi) is 6.72. The van der Waals surface area contributed by atoms with Crippen molar-refractivity contribution in [1.82, 2.24) is 9.78 Å². The molecule has 2 aromatic rings. The van der Waals surface area contributed by atoms with Crippen LogP contribution in [0.4, 0.5) is 25.0 Å². The number of hydrogen-bond donors (Lipinski definition) is 1. The molecule has 10 heteroatoms. The van der Waals surface area contributed by atoms with E-state index in [1.807, 2.05) is 23.9 Å². The Morgan fingerprint density at radius 1 is 1.11 bits per heavy atom. The zero-order valence-corrected chi connectivity index (χ0v) is 20.4. The minimum atomic E-state index is -2.64. The van der Waals surface area contributed by atoms with Gasteiger partial charge in [0.2, 0.25) is 11.8 Å². The predicted octanol–water partition coefficient (Wildman–Crippen LogP) is 5.34. The average Bonchev–Trinajstić information content (AvgIpc) is 3.35. The van der Waals surface area contributed by atoms with Crippen molar-refractivity contribution >= 4 is 23.4 Å². The summed E-state index contributed by atoms with van der Waals surface area (Å²) >= 11 is 0. The van der Waals surface area contributed by atoms with Crippen molar-refractivity contribution in [2.24, 2.45) is 5.92 Å². The molecule has 1 atom stereocenters. The van der Waals surface area contributed by atoms with Crippen molar-refractivity contribution in [3.63, 3.8) is 0 Å². The van der Waals surface area contributed by atoms with Gasteiger partial charge in [-0.15, -0.1) is 0 Å². The third kappa shape index (κ3) is 4.96. The molecule has 1 aliphatic carbocycles. The van der Waals surface area contributed by atoms with Gasteiger partial charge in [0.15, 0.2) is 0 Å². The number of carbonyl (C=O) groups excluding carboxylic acids is 1. The zero-order valence-electron chi connectivity index (χ0n) is 20.4. The second kappa shape index (κ2) is 9.80. The van der Waals surface area contributed by atoms with E-state index in [1.165, 1.54) is 4.90 Å². The molecular weight excluding hydrogens is 470 g/mol. The van der Waals surface area contributed by atoms with Gasteiger partial charge >= 0.3 is 6.09 Å². The molecule has 0 unspecified atom stereocenters. The van der Waals surface area contributed by atoms with Crippen molar-refractivity contribution in [1.29, 1.82) is 0 Å². The quantitative estimate of drug-likeness (QED) is 0.610. The van der Waals surface area contributed by atoms with Gasteiger partial charge in [-0.05, 0) is 56.2 Å². The largest absolute Gasteiger partial charge is 0.465 e. The number of amides is 2. The first-order chi connectivity index (χ1) is 17.2. The number of fused-ring (bicyclic) bond motifs is 1. The lowest BCUT2D eigenvalue weighted by atomic mass is 9.84. The summed E-state index contributed by atoms with van der Waals surface area (Å²) in [6.07, 6.45) is 4.91. The van der Waals surface area contributed by atoms with Crippen molar-refractivity contribution in [2.75, 3.05) is 29.6 Å². The summed E-state index contributed by atoms with van der Waals surface area (Å²) in [4.78, 5) is 28.4. The van der Waals surface area contributed by atoms with Crippen LogP contribution < -0.4 is 9.80 Å². The van der Waals surface area contributed by atoms with Gasteiger partial charge in [0.1, 0.15) is 0 Å². The fourth-order valence-corrected chi connectivity index (χ4v) is 5.65. The number of carbonyl (C=O) groups is 2. The predicted molar refractivity (Wildman–Crippen MR) is 131 cm³/mol. The van der Waals surface area contributed by atoms with E-state index >= 15 is 0 Å². The lowest BCUT2D eigenvalue weighted by Crippen LogP contribution is -2.52. The first-order valence-corrected chi connectivity index (χ1v) is 12.7. The van der Waals surface area contributed by atoms with E-state index in [9.17, 15) is 23.5 Å². The number of alkyl halides is 2. The van der Waals surface area contributed by atoms with Gasteiger partial charge in [0.05, 0.1) is 29.7 Å². The van der Waals surface area contributed by atoms with Crippen molar-refractivity contribution in [3.05, 3.63) is 30.6 Å². The maximum atomic E-state index is 13.6. The van der Waals surface area contributed by atoms with Crippen molar-refractivity contribution in [3.8, 4) is 11.1 Å². The third-order valence-electron chi connectivity index (χ3n) is 7.71. The number of rotatable bonds is 4. The van der Waals surface area contributed by atoms with E-state index in [0.29, 0.717) is 37.4 Å². The minimum Gasteiger partial charge on any atom is -0.465 e. The van der Waals surface area contributed by atoms with Crippen LogP contribution in [0.25, 0.3) is 11.1 Å². The molecule has 1 aromatic heterocycles. The van der Waals surface area contributed by atoms with Gasteiger partial charge in [-0.1, -0.05) is 6.07 Å². The first-order valence-electron chi connectivity index (χ1n) is 12.7. The number of aromatic nitrogens is 2. The number of benzene rings is 1. The highest BCUT2D eigenvalue weighted by Crippen LogP contribution is 2.41. The molecule has 2 fully saturated rings. The van der Waals surface area contributed by atoms with Crippen LogP contribution in [0.15, 0.2) is 30.6 Å². The molecule has 0 radical (unpaired) electrons. The third-order valence-corrected chi connectivity index (χ3v) is 7.71. The average molecular weight is 503 g/mol. The topological polar surface area (TPSA) is 87.9 Å². The van der Waals surface area contributed by atoms with Gasteiger partial charge in [-0.2, -0.15) is 5.10 Å². The molecule has 2 aliphatic heterocycles. The molecule has 3 aliphatic rings. The van der Waals surface area contributed by atoms with Crippen LogP contribution in [0.1, 0.15) is 57.9 Å². The fourth-order valence-electron chi connectivity index (χ4n) is 5.65. The van der Waals surface area contributed by atoms with E-state index in [-0.39, 0.29) is 49.7 Å². The van der Waals surface area contributed by atoms with E-state index in [0.717, 1.165) is 24.0 Å². The highest BCUT2D eigenvalue weighted by molar-refractivity contribution is 6.03. The lowest BCUT2D eigenvalue weighted by molar-refractivity contribution is -0.121. The number of nitrogens with zero attached hydrogens (tertiary/aromatic N) is 4. The fraction of sp³-hybridized carbons (Fsp3) is 0.577. The van der Waals surface area contributed by atoms with Crippen LogP contribution in [0, 0.1) is 5.92 Å². The summed E-state index contributed by atoms with van der Waals surface area (Å²) < 4.78 is 34.5. The second-order valence-electron chi connectivity index (χ2n) is 10.3. The minimum absolute atomic E-state index is 0.0828. The molecular formula is C26H32F2N4O4. The molecule has 0 bridgehead atoms. The SMILES string of the molecule is C[C@H]1CN(C(=O)O)c2cc(-c3cnn(C4CCOCC4)c3)ccc2N1C(=O)CC1CCC(F)(F)CC1. The highest BCUT2D eigenvalue weighted by atomic mass is 19.3. The van der Waals surface area contributed by atoms with E-state index in [4.69, 9.17) is 4.74 Å². The summed E-state index contributed by atoms with van der Waals surface area (Å²) in [5.41, 5.74) is 2.66. The number of hydrogen-bond acceptors (Lipinski definition) is 4. The first kappa shape index (κ1) is 24.7. The molecule has 1 saturated heterocycles. The molecule has 36 heavy (non-hydrogen) atoms. The standard InChI is InChI=1S/C26H32F2N4O4/c1-17-15-30(25(34)35)23-13-19(20-14-29-31(16-20)21-6-10-36-11-7-21)2-3-22(23)32(17)24(33)12-18-4-8-26(27,28)9-5-18/h2-3,13-14,16-18,21H,4-12,15H2,1H3,(H,34,35)/t17-/m0/s1.